The highest BCUT2D eigenvalue weighted by Gasteiger charge is 2.02. The third-order valence-corrected chi connectivity index (χ3v) is 3.49. The highest BCUT2D eigenvalue weighted by Crippen LogP contribution is 2.23. The van der Waals surface area contributed by atoms with E-state index in [9.17, 15) is 4.39 Å². The van der Waals surface area contributed by atoms with Crippen molar-refractivity contribution in [3.05, 3.63) is 72.7 Å². The van der Waals surface area contributed by atoms with Gasteiger partial charge in [0.2, 0.25) is 0 Å². The second-order valence-corrected chi connectivity index (χ2v) is 5.09. The Balaban J connectivity index is 1.73. The molecule has 0 atom stereocenters. The minimum Gasteiger partial charge on any atom is -0.251 e. The summed E-state index contributed by atoms with van der Waals surface area (Å²) >= 11 is 0. The Hall–Kier alpha value is -3.21. The molecule has 0 saturated carbocycles. The summed E-state index contributed by atoms with van der Waals surface area (Å²) in [4.78, 5) is 8.84. The van der Waals surface area contributed by atoms with E-state index in [-0.39, 0.29) is 5.82 Å². The first-order valence-corrected chi connectivity index (χ1v) is 7.11. The maximum absolute atomic E-state index is 12.9. The predicted molar refractivity (Wildman–Crippen MR) is 87.6 cm³/mol. The van der Waals surface area contributed by atoms with E-state index in [1.54, 1.807) is 18.3 Å². The van der Waals surface area contributed by atoms with Gasteiger partial charge in [0.05, 0.1) is 22.9 Å². The summed E-state index contributed by atoms with van der Waals surface area (Å²) < 4.78 is 12.9. The molecule has 3 aromatic carbocycles. The molecule has 0 unspecified atom stereocenters. The third kappa shape index (κ3) is 2.76. The van der Waals surface area contributed by atoms with E-state index in [0.29, 0.717) is 11.5 Å². The van der Waals surface area contributed by atoms with Gasteiger partial charge in [-0.3, -0.25) is 4.98 Å². The fourth-order valence-electron chi connectivity index (χ4n) is 2.35. The molecule has 23 heavy (non-hydrogen) atoms. The number of halogens is 1. The Morgan fingerprint density at radius 1 is 0.783 bits per heavy atom. The molecule has 110 valence electrons. The molecule has 0 bridgehead atoms. The van der Waals surface area contributed by atoms with Crippen molar-refractivity contribution in [2.45, 2.75) is 0 Å². The zero-order valence-electron chi connectivity index (χ0n) is 12.0. The molecule has 0 aliphatic carbocycles. The molecule has 0 N–H and O–H groups in total. The highest BCUT2D eigenvalue weighted by atomic mass is 19.1. The maximum atomic E-state index is 12.9. The van der Waals surface area contributed by atoms with Gasteiger partial charge < -0.3 is 0 Å². The monoisotopic (exact) mass is 302 g/mol. The number of hydrogen-bond donors (Lipinski definition) is 0. The van der Waals surface area contributed by atoms with Gasteiger partial charge in [0.25, 0.3) is 0 Å². The summed E-state index contributed by atoms with van der Waals surface area (Å²) in [6.07, 6.45) is 1.57. The molecule has 0 aliphatic rings. The van der Waals surface area contributed by atoms with Crippen LogP contribution in [0.15, 0.2) is 77.1 Å². The Morgan fingerprint density at radius 3 is 2.22 bits per heavy atom. The first-order valence-electron chi connectivity index (χ1n) is 7.11. The lowest BCUT2D eigenvalue weighted by Gasteiger charge is -2.01. The van der Waals surface area contributed by atoms with Crippen LogP contribution in [-0.4, -0.2) is 9.97 Å². The number of nitrogens with zero attached hydrogens (tertiary/aromatic N) is 4. The van der Waals surface area contributed by atoms with Crippen molar-refractivity contribution in [3.63, 3.8) is 0 Å². The first kappa shape index (κ1) is 13.5. The van der Waals surface area contributed by atoms with Crippen LogP contribution in [0.3, 0.4) is 0 Å². The lowest BCUT2D eigenvalue weighted by Crippen LogP contribution is -1.84. The van der Waals surface area contributed by atoms with Crippen molar-refractivity contribution in [2.24, 2.45) is 10.2 Å². The average molecular weight is 302 g/mol. The lowest BCUT2D eigenvalue weighted by atomic mass is 10.1. The molecule has 0 radical (unpaired) electrons. The van der Waals surface area contributed by atoms with Crippen molar-refractivity contribution in [2.75, 3.05) is 0 Å². The van der Waals surface area contributed by atoms with Crippen LogP contribution in [0.4, 0.5) is 15.9 Å². The van der Waals surface area contributed by atoms with Crippen LogP contribution in [0.5, 0.6) is 0 Å². The molecular weight excluding hydrogens is 291 g/mol. The second kappa shape index (κ2) is 5.53. The van der Waals surface area contributed by atoms with E-state index in [2.05, 4.69) is 20.2 Å². The zero-order chi connectivity index (χ0) is 15.6. The van der Waals surface area contributed by atoms with Gasteiger partial charge in [0, 0.05) is 0 Å². The fraction of sp³-hybridized carbons (Fsp3) is 0. The van der Waals surface area contributed by atoms with Gasteiger partial charge in [-0.15, -0.1) is 10.2 Å². The molecule has 0 spiro atoms. The summed E-state index contributed by atoms with van der Waals surface area (Å²) in [6, 6.07) is 17.8. The molecule has 0 saturated heterocycles. The smallest absolute Gasteiger partial charge is 0.193 e. The molecule has 0 fully saturated rings. The number of fused-ring (bicyclic) bond motifs is 2. The van der Waals surface area contributed by atoms with Crippen molar-refractivity contribution in [1.82, 2.24) is 9.97 Å². The van der Waals surface area contributed by atoms with Gasteiger partial charge in [-0.25, -0.2) is 9.37 Å². The Kier molecular flexibility index (Phi) is 3.24. The minimum atomic E-state index is -0.304. The third-order valence-electron chi connectivity index (χ3n) is 3.49. The molecule has 5 heteroatoms. The topological polar surface area (TPSA) is 50.5 Å². The van der Waals surface area contributed by atoms with Gasteiger partial charge in [-0.05, 0) is 47.2 Å². The Morgan fingerprint density at radius 2 is 1.48 bits per heavy atom. The molecule has 4 nitrogen and oxygen atoms in total. The minimum absolute atomic E-state index is 0.304. The summed E-state index contributed by atoms with van der Waals surface area (Å²) in [5.74, 6) is 0.110. The van der Waals surface area contributed by atoms with Crippen LogP contribution in [0.25, 0.3) is 21.8 Å². The number of hydrogen-bond acceptors (Lipinski definition) is 4. The van der Waals surface area contributed by atoms with Gasteiger partial charge in [0.1, 0.15) is 5.82 Å². The van der Waals surface area contributed by atoms with E-state index in [4.69, 9.17) is 0 Å². The lowest BCUT2D eigenvalue weighted by molar-refractivity contribution is 0.628. The van der Waals surface area contributed by atoms with Crippen LogP contribution < -0.4 is 0 Å². The molecule has 1 heterocycles. The number of rotatable bonds is 2. The average Bonchev–Trinajstić information content (AvgIpc) is 2.59. The molecular formula is C18H11FN4. The summed E-state index contributed by atoms with van der Waals surface area (Å²) in [5, 5.41) is 10.3. The normalized spacial score (nSPS) is 11.5. The predicted octanol–water partition coefficient (Wildman–Crippen LogP) is 5.34. The highest BCUT2D eigenvalue weighted by molar-refractivity contribution is 5.94. The van der Waals surface area contributed by atoms with E-state index in [0.717, 1.165) is 21.8 Å². The summed E-state index contributed by atoms with van der Waals surface area (Å²) in [7, 11) is 0. The van der Waals surface area contributed by atoms with Gasteiger partial charge in [-0.1, -0.05) is 24.3 Å². The van der Waals surface area contributed by atoms with Crippen LogP contribution in [-0.2, 0) is 0 Å². The van der Waals surface area contributed by atoms with E-state index >= 15 is 0 Å². The molecule has 0 amide bonds. The van der Waals surface area contributed by atoms with Crippen LogP contribution in [0, 0.1) is 5.82 Å². The standard InChI is InChI=1S/C18H11FN4/c19-14-5-7-15(8-6-14)22-23-18-11-20-16-9-12-3-1-2-4-13(12)10-17(16)21-18/h1-11H. The SMILES string of the molecule is Fc1ccc(N=Nc2cnc3cc4ccccc4cc3n2)cc1. The van der Waals surface area contributed by atoms with Crippen molar-refractivity contribution >= 4 is 33.3 Å². The van der Waals surface area contributed by atoms with Gasteiger partial charge in [0.15, 0.2) is 5.82 Å². The molecule has 0 aliphatic heterocycles. The maximum Gasteiger partial charge on any atom is 0.193 e. The van der Waals surface area contributed by atoms with E-state index < -0.39 is 0 Å². The Labute approximate surface area is 131 Å². The van der Waals surface area contributed by atoms with Crippen molar-refractivity contribution in [3.8, 4) is 0 Å². The van der Waals surface area contributed by atoms with Gasteiger partial charge in [-0.2, -0.15) is 0 Å². The molecule has 1 aromatic heterocycles. The summed E-state index contributed by atoms with van der Waals surface area (Å²) in [5.41, 5.74) is 2.13. The molecule has 4 aromatic rings. The zero-order valence-corrected chi connectivity index (χ0v) is 12.0. The van der Waals surface area contributed by atoms with Crippen molar-refractivity contribution < 1.29 is 4.39 Å². The first-order chi connectivity index (χ1) is 11.3. The largest absolute Gasteiger partial charge is 0.251 e. The summed E-state index contributed by atoms with van der Waals surface area (Å²) in [6.45, 7) is 0. The molecule has 4 rings (SSSR count). The van der Waals surface area contributed by atoms with E-state index in [1.165, 1.54) is 12.1 Å². The quantitative estimate of drug-likeness (QED) is 0.371. The van der Waals surface area contributed by atoms with E-state index in [1.807, 2.05) is 36.4 Å². The van der Waals surface area contributed by atoms with Crippen molar-refractivity contribution in [1.29, 1.82) is 0 Å². The van der Waals surface area contributed by atoms with Crippen LogP contribution in [0.2, 0.25) is 0 Å². The fourth-order valence-corrected chi connectivity index (χ4v) is 2.35. The number of benzene rings is 3. The second-order valence-electron chi connectivity index (χ2n) is 5.09. The van der Waals surface area contributed by atoms with Crippen LogP contribution in [0.1, 0.15) is 0 Å². The number of azo groups is 1. The Bertz CT molecular complexity index is 1030. The number of aromatic nitrogens is 2. The van der Waals surface area contributed by atoms with Gasteiger partial charge >= 0.3 is 0 Å². The van der Waals surface area contributed by atoms with Crippen LogP contribution >= 0.6 is 0 Å².